The van der Waals surface area contributed by atoms with Crippen LogP contribution in [0.3, 0.4) is 0 Å². The van der Waals surface area contributed by atoms with Crippen LogP contribution in [0.2, 0.25) is 0 Å². The van der Waals surface area contributed by atoms with Crippen molar-refractivity contribution in [3.63, 3.8) is 0 Å². The molecule has 4 aromatic rings. The Balaban J connectivity index is 1.10. The van der Waals surface area contributed by atoms with E-state index >= 15 is 0 Å². The molecule has 0 aliphatic carbocycles. The van der Waals surface area contributed by atoms with Crippen molar-refractivity contribution < 1.29 is 28.7 Å². The standard InChI is InChI=1S/C43H53N5O6S2/c1-7-53-37(49)23-32(26(3)4)41(50)47-21-9-11-33(47)39-44-24-35(55-39)30-17-13-28(14-18-30)29-15-19-31(20-16-29)36-25-45-40(56-36)34-12-10-22-48(34)42(51)38(27(5)6)46-43(52)54-8-2/h13-20,24-27,32-34,38H,7-12,21-23H2,1-6H3,(H,46,52)/t32-,33-,34-,38-/m0/s1. The van der Waals surface area contributed by atoms with E-state index in [1.807, 2.05) is 49.9 Å². The Bertz CT molecular complexity index is 1830. The summed E-state index contributed by atoms with van der Waals surface area (Å²) >= 11 is 3.23. The summed E-state index contributed by atoms with van der Waals surface area (Å²) in [4.78, 5) is 67.2. The molecule has 6 rings (SSSR count). The number of nitrogens with zero attached hydrogens (tertiary/aromatic N) is 4. The first-order valence-electron chi connectivity index (χ1n) is 19.8. The van der Waals surface area contributed by atoms with Gasteiger partial charge in [-0.3, -0.25) is 14.4 Å². The maximum Gasteiger partial charge on any atom is 0.407 e. The number of ether oxygens (including phenoxy) is 2. The molecule has 2 aromatic carbocycles. The lowest BCUT2D eigenvalue weighted by Gasteiger charge is -2.30. The van der Waals surface area contributed by atoms with Gasteiger partial charge in [-0.25, -0.2) is 14.8 Å². The average molecular weight is 800 g/mol. The van der Waals surface area contributed by atoms with E-state index in [-0.39, 0.29) is 54.7 Å². The second-order valence-corrected chi connectivity index (χ2v) is 17.2. The van der Waals surface area contributed by atoms with E-state index in [1.54, 1.807) is 36.5 Å². The third kappa shape index (κ3) is 9.32. The lowest BCUT2D eigenvalue weighted by atomic mass is 9.91. The predicted molar refractivity (Wildman–Crippen MR) is 220 cm³/mol. The number of alkyl carbamates (subject to hydrolysis) is 1. The van der Waals surface area contributed by atoms with Gasteiger partial charge in [0, 0.05) is 25.5 Å². The molecule has 0 saturated carbocycles. The summed E-state index contributed by atoms with van der Waals surface area (Å²) in [5, 5.41) is 4.59. The van der Waals surface area contributed by atoms with E-state index in [1.165, 1.54) is 0 Å². The number of likely N-dealkylation sites (tertiary alicyclic amines) is 2. The molecule has 4 atom stereocenters. The molecule has 2 aromatic heterocycles. The minimum absolute atomic E-state index is 0.00682. The fourth-order valence-corrected chi connectivity index (χ4v) is 9.73. The Morgan fingerprint density at radius 1 is 0.696 bits per heavy atom. The molecule has 2 saturated heterocycles. The molecule has 13 heteroatoms. The summed E-state index contributed by atoms with van der Waals surface area (Å²) in [6.07, 6.45) is 6.78. The first-order chi connectivity index (χ1) is 27.0. The summed E-state index contributed by atoms with van der Waals surface area (Å²) < 4.78 is 10.2. The van der Waals surface area contributed by atoms with Crippen molar-refractivity contribution in [3.05, 3.63) is 70.9 Å². The minimum Gasteiger partial charge on any atom is -0.466 e. The molecule has 2 aliphatic rings. The first-order valence-corrected chi connectivity index (χ1v) is 21.4. The molecule has 0 radical (unpaired) electrons. The SMILES string of the molecule is CCOC(=O)C[C@H](C(=O)N1CCC[C@H]1c1ncc(-c2ccc(-c3ccc(-c4cnc([C@@H]5CCCN5C(=O)[C@@H](NC(=O)OCC)C(C)C)s4)cc3)cc2)s1)C(C)C. The Morgan fingerprint density at radius 2 is 1.16 bits per heavy atom. The third-order valence-electron chi connectivity index (χ3n) is 10.7. The highest BCUT2D eigenvalue weighted by Gasteiger charge is 2.39. The highest BCUT2D eigenvalue weighted by Crippen LogP contribution is 2.41. The zero-order chi connectivity index (χ0) is 39.9. The number of hydrogen-bond acceptors (Lipinski definition) is 10. The minimum atomic E-state index is -0.663. The number of esters is 1. The molecule has 0 unspecified atom stereocenters. The number of aromatic nitrogens is 2. The fraction of sp³-hybridized carbons (Fsp3) is 0.488. The lowest BCUT2D eigenvalue weighted by molar-refractivity contribution is -0.150. The van der Waals surface area contributed by atoms with E-state index in [2.05, 4.69) is 53.8 Å². The van der Waals surface area contributed by atoms with Gasteiger partial charge in [0.05, 0.1) is 47.4 Å². The topological polar surface area (TPSA) is 131 Å². The molecule has 0 bridgehead atoms. The number of thiazole rings is 2. The molecule has 2 fully saturated rings. The van der Waals surface area contributed by atoms with Crippen LogP contribution in [-0.4, -0.2) is 76.0 Å². The van der Waals surface area contributed by atoms with Gasteiger partial charge in [0.15, 0.2) is 0 Å². The third-order valence-corrected chi connectivity index (χ3v) is 13.0. The quantitative estimate of drug-likeness (QED) is 0.125. The average Bonchev–Trinajstić information content (AvgIpc) is 4.02. The number of carbonyl (C=O) groups excluding carboxylic acids is 4. The van der Waals surface area contributed by atoms with Crippen LogP contribution in [0.4, 0.5) is 4.79 Å². The van der Waals surface area contributed by atoms with Gasteiger partial charge in [0.2, 0.25) is 11.8 Å². The highest BCUT2D eigenvalue weighted by molar-refractivity contribution is 7.15. The molecule has 1 N–H and O–H groups in total. The second kappa shape index (κ2) is 18.5. The zero-order valence-electron chi connectivity index (χ0n) is 33.2. The Labute approximate surface area is 337 Å². The van der Waals surface area contributed by atoms with E-state index in [4.69, 9.17) is 19.4 Å². The van der Waals surface area contributed by atoms with Crippen LogP contribution in [0.25, 0.3) is 32.0 Å². The summed E-state index contributed by atoms with van der Waals surface area (Å²) in [6.45, 7) is 13.2. The van der Waals surface area contributed by atoms with Gasteiger partial charge in [-0.2, -0.15) is 0 Å². The van der Waals surface area contributed by atoms with Crippen molar-refractivity contribution in [1.29, 1.82) is 0 Å². The number of rotatable bonds is 14. The van der Waals surface area contributed by atoms with Gasteiger partial charge in [0.25, 0.3) is 0 Å². The van der Waals surface area contributed by atoms with Gasteiger partial charge in [0.1, 0.15) is 16.1 Å². The Kier molecular flexibility index (Phi) is 13.6. The van der Waals surface area contributed by atoms with Crippen molar-refractivity contribution >= 4 is 46.6 Å². The van der Waals surface area contributed by atoms with Crippen LogP contribution in [0.15, 0.2) is 60.9 Å². The van der Waals surface area contributed by atoms with Crippen LogP contribution in [-0.2, 0) is 23.9 Å². The molecule has 56 heavy (non-hydrogen) atoms. The molecular formula is C43H53N5O6S2. The number of benzene rings is 2. The van der Waals surface area contributed by atoms with Gasteiger partial charge < -0.3 is 24.6 Å². The monoisotopic (exact) mass is 799 g/mol. The van der Waals surface area contributed by atoms with Crippen molar-refractivity contribution in [2.75, 3.05) is 26.3 Å². The zero-order valence-corrected chi connectivity index (χ0v) is 34.8. The van der Waals surface area contributed by atoms with Gasteiger partial charge in [-0.05, 0) is 73.6 Å². The summed E-state index contributed by atoms with van der Waals surface area (Å²) in [5.41, 5.74) is 4.32. The van der Waals surface area contributed by atoms with E-state index in [0.29, 0.717) is 19.7 Å². The molecule has 298 valence electrons. The predicted octanol–water partition coefficient (Wildman–Crippen LogP) is 8.92. The molecule has 2 aliphatic heterocycles. The molecule has 3 amide bonds. The summed E-state index contributed by atoms with van der Waals surface area (Å²) in [7, 11) is 0. The second-order valence-electron chi connectivity index (χ2n) is 15.1. The smallest absolute Gasteiger partial charge is 0.407 e. The highest BCUT2D eigenvalue weighted by atomic mass is 32.1. The van der Waals surface area contributed by atoms with Crippen LogP contribution in [0, 0.1) is 17.8 Å². The van der Waals surface area contributed by atoms with E-state index < -0.39 is 18.1 Å². The molecule has 4 heterocycles. The Morgan fingerprint density at radius 3 is 1.61 bits per heavy atom. The maximum absolute atomic E-state index is 13.7. The Hall–Kier alpha value is -4.62. The van der Waals surface area contributed by atoms with E-state index in [9.17, 15) is 19.2 Å². The lowest BCUT2D eigenvalue weighted by Crippen LogP contribution is -2.51. The van der Waals surface area contributed by atoms with Gasteiger partial charge in [-0.1, -0.05) is 76.2 Å². The van der Waals surface area contributed by atoms with Crippen LogP contribution in [0.5, 0.6) is 0 Å². The molecule has 0 spiro atoms. The van der Waals surface area contributed by atoms with Gasteiger partial charge >= 0.3 is 12.1 Å². The summed E-state index contributed by atoms with van der Waals surface area (Å²) in [5.74, 6) is -0.902. The molecular weight excluding hydrogens is 747 g/mol. The van der Waals surface area contributed by atoms with Gasteiger partial charge in [-0.15, -0.1) is 22.7 Å². The maximum atomic E-state index is 13.7. The van der Waals surface area contributed by atoms with Crippen LogP contribution >= 0.6 is 22.7 Å². The first kappa shape index (κ1) is 41.0. The van der Waals surface area contributed by atoms with Crippen molar-refractivity contribution in [2.45, 2.75) is 91.8 Å². The molecule has 11 nitrogen and oxygen atoms in total. The number of amides is 3. The number of nitrogens with one attached hydrogen (secondary N) is 1. The van der Waals surface area contributed by atoms with Crippen LogP contribution < -0.4 is 5.32 Å². The van der Waals surface area contributed by atoms with Crippen molar-refractivity contribution in [2.24, 2.45) is 17.8 Å². The fourth-order valence-electron chi connectivity index (χ4n) is 7.59. The van der Waals surface area contributed by atoms with E-state index in [0.717, 1.165) is 67.7 Å². The largest absolute Gasteiger partial charge is 0.466 e. The number of hydrogen-bond donors (Lipinski definition) is 1. The number of carbonyl (C=O) groups is 4. The van der Waals surface area contributed by atoms with Crippen molar-refractivity contribution in [3.8, 4) is 32.0 Å². The normalized spacial score (nSPS) is 18.0. The summed E-state index contributed by atoms with van der Waals surface area (Å²) in [6, 6.07) is 16.0. The van der Waals surface area contributed by atoms with Crippen LogP contribution in [0.1, 0.15) is 95.7 Å². The van der Waals surface area contributed by atoms with Crippen molar-refractivity contribution in [1.82, 2.24) is 25.1 Å².